The lowest BCUT2D eigenvalue weighted by Gasteiger charge is -1.99. The van der Waals surface area contributed by atoms with Gasteiger partial charge in [0.25, 0.3) is 0 Å². The number of rotatable bonds is 3. The normalized spacial score (nSPS) is 18.6. The van der Waals surface area contributed by atoms with Crippen LogP contribution < -0.4 is 0 Å². The van der Waals surface area contributed by atoms with Gasteiger partial charge in [-0.15, -0.1) is 5.10 Å². The number of ether oxygens (including phenoxy) is 1. The third-order valence-corrected chi connectivity index (χ3v) is 4.08. The number of aromatic nitrogens is 3. The Kier molecular flexibility index (Phi) is 3.44. The standard InChI is InChI=1S/C12H10ClN3O2S/c13-8-3-1-7(2-4-8)10-14-12(16-15-10)19-9-5-6-18-11(9)17/h1-4,9H,5-6H2,(H,14,15,16)/t9-/m1/s1. The zero-order chi connectivity index (χ0) is 13.2. The van der Waals surface area contributed by atoms with E-state index >= 15 is 0 Å². The quantitative estimate of drug-likeness (QED) is 0.881. The van der Waals surface area contributed by atoms with Gasteiger partial charge in [0.2, 0.25) is 5.16 Å². The molecule has 7 heteroatoms. The summed E-state index contributed by atoms with van der Waals surface area (Å²) in [4.78, 5) is 15.7. The van der Waals surface area contributed by atoms with Crippen molar-refractivity contribution in [1.82, 2.24) is 15.2 Å². The van der Waals surface area contributed by atoms with Crippen molar-refractivity contribution < 1.29 is 9.53 Å². The predicted molar refractivity (Wildman–Crippen MR) is 72.0 cm³/mol. The highest BCUT2D eigenvalue weighted by molar-refractivity contribution is 8.00. The first-order valence-electron chi connectivity index (χ1n) is 5.74. The summed E-state index contributed by atoms with van der Waals surface area (Å²) < 4.78 is 4.90. The molecular formula is C12H10ClN3O2S. The van der Waals surface area contributed by atoms with Crippen molar-refractivity contribution in [1.29, 1.82) is 0 Å². The van der Waals surface area contributed by atoms with E-state index in [4.69, 9.17) is 16.3 Å². The van der Waals surface area contributed by atoms with Crippen LogP contribution in [0.25, 0.3) is 11.4 Å². The molecule has 1 saturated heterocycles. The van der Waals surface area contributed by atoms with Gasteiger partial charge in [0.05, 0.1) is 6.61 Å². The van der Waals surface area contributed by atoms with Crippen LogP contribution >= 0.6 is 23.4 Å². The Morgan fingerprint density at radius 1 is 1.37 bits per heavy atom. The Bertz CT molecular complexity index is 599. The summed E-state index contributed by atoms with van der Waals surface area (Å²) in [6, 6.07) is 7.31. The Morgan fingerprint density at radius 2 is 2.16 bits per heavy atom. The van der Waals surface area contributed by atoms with Crippen LogP contribution in [0.1, 0.15) is 6.42 Å². The average molecular weight is 296 g/mol. The number of nitrogens with zero attached hydrogens (tertiary/aromatic N) is 2. The van der Waals surface area contributed by atoms with E-state index in [2.05, 4.69) is 15.2 Å². The summed E-state index contributed by atoms with van der Waals surface area (Å²) in [7, 11) is 0. The van der Waals surface area contributed by atoms with E-state index in [0.29, 0.717) is 29.0 Å². The molecule has 1 fully saturated rings. The molecule has 0 unspecified atom stereocenters. The topological polar surface area (TPSA) is 67.9 Å². The van der Waals surface area contributed by atoms with Gasteiger partial charge in [-0.25, -0.2) is 4.98 Å². The van der Waals surface area contributed by atoms with E-state index < -0.39 is 0 Å². The Morgan fingerprint density at radius 3 is 2.84 bits per heavy atom. The van der Waals surface area contributed by atoms with Crippen LogP contribution in [-0.2, 0) is 9.53 Å². The molecule has 5 nitrogen and oxygen atoms in total. The molecule has 1 aliphatic heterocycles. The lowest BCUT2D eigenvalue weighted by Crippen LogP contribution is -2.09. The van der Waals surface area contributed by atoms with Gasteiger partial charge in [0, 0.05) is 17.0 Å². The van der Waals surface area contributed by atoms with Gasteiger partial charge in [-0.3, -0.25) is 9.89 Å². The average Bonchev–Trinajstić information content (AvgIpc) is 3.01. The number of hydrogen-bond acceptors (Lipinski definition) is 5. The number of carbonyl (C=O) groups is 1. The summed E-state index contributed by atoms with van der Waals surface area (Å²) in [6.07, 6.45) is 0.703. The number of carbonyl (C=O) groups excluding carboxylic acids is 1. The number of aromatic amines is 1. The van der Waals surface area contributed by atoms with Crippen LogP contribution in [0.2, 0.25) is 5.02 Å². The minimum absolute atomic E-state index is 0.192. The van der Waals surface area contributed by atoms with E-state index in [-0.39, 0.29) is 11.2 Å². The molecule has 0 saturated carbocycles. The summed E-state index contributed by atoms with van der Waals surface area (Å²) in [5, 5.41) is 7.97. The third-order valence-electron chi connectivity index (χ3n) is 2.72. The number of nitrogens with one attached hydrogen (secondary N) is 1. The number of esters is 1. The van der Waals surface area contributed by atoms with Gasteiger partial charge in [-0.1, -0.05) is 23.4 Å². The van der Waals surface area contributed by atoms with E-state index in [1.807, 2.05) is 12.1 Å². The highest BCUT2D eigenvalue weighted by Gasteiger charge is 2.28. The predicted octanol–water partition coefficient (Wildman–Crippen LogP) is 2.53. The van der Waals surface area contributed by atoms with Gasteiger partial charge in [-0.2, -0.15) is 0 Å². The van der Waals surface area contributed by atoms with E-state index in [0.717, 1.165) is 5.56 Å². The molecule has 19 heavy (non-hydrogen) atoms. The van der Waals surface area contributed by atoms with E-state index in [9.17, 15) is 4.79 Å². The highest BCUT2D eigenvalue weighted by atomic mass is 35.5. The summed E-state index contributed by atoms with van der Waals surface area (Å²) in [5.41, 5.74) is 0.901. The number of benzene rings is 1. The zero-order valence-electron chi connectivity index (χ0n) is 9.80. The van der Waals surface area contributed by atoms with Crippen LogP contribution in [0.5, 0.6) is 0 Å². The Labute approximate surface area is 118 Å². The number of hydrogen-bond donors (Lipinski definition) is 1. The molecule has 1 aromatic heterocycles. The maximum absolute atomic E-state index is 11.4. The molecule has 0 aliphatic carbocycles. The number of H-pyrrole nitrogens is 1. The van der Waals surface area contributed by atoms with Crippen LogP contribution in [0.4, 0.5) is 0 Å². The molecule has 0 amide bonds. The smallest absolute Gasteiger partial charge is 0.319 e. The van der Waals surface area contributed by atoms with E-state index in [1.165, 1.54) is 11.8 Å². The summed E-state index contributed by atoms with van der Waals surface area (Å²) >= 11 is 7.16. The van der Waals surface area contributed by atoms with Gasteiger partial charge in [0.1, 0.15) is 5.25 Å². The van der Waals surface area contributed by atoms with Gasteiger partial charge < -0.3 is 4.74 Å². The third kappa shape index (κ3) is 2.74. The van der Waals surface area contributed by atoms with Crippen LogP contribution in [0.15, 0.2) is 29.4 Å². The molecule has 2 heterocycles. The SMILES string of the molecule is O=C1OCC[C@H]1Sc1n[nH]c(-c2ccc(Cl)cc2)n1. The molecule has 3 rings (SSSR count). The zero-order valence-corrected chi connectivity index (χ0v) is 11.4. The molecule has 98 valence electrons. The lowest BCUT2D eigenvalue weighted by atomic mass is 10.2. The fourth-order valence-electron chi connectivity index (χ4n) is 1.75. The molecule has 1 atom stereocenters. The summed E-state index contributed by atoms with van der Waals surface area (Å²) in [6.45, 7) is 0.477. The minimum Gasteiger partial charge on any atom is -0.465 e. The minimum atomic E-state index is -0.200. The van der Waals surface area contributed by atoms with Gasteiger partial charge in [-0.05, 0) is 24.3 Å². The van der Waals surface area contributed by atoms with Crippen molar-refractivity contribution in [2.45, 2.75) is 16.8 Å². The fourth-order valence-corrected chi connectivity index (χ4v) is 2.75. The molecule has 1 aromatic carbocycles. The lowest BCUT2D eigenvalue weighted by molar-refractivity contribution is -0.137. The number of cyclic esters (lactones) is 1. The number of thioether (sulfide) groups is 1. The monoisotopic (exact) mass is 295 g/mol. The summed E-state index contributed by atoms with van der Waals surface area (Å²) in [5.74, 6) is 0.466. The van der Waals surface area contributed by atoms with Crippen molar-refractivity contribution in [2.75, 3.05) is 6.61 Å². The number of halogens is 1. The second-order valence-corrected chi connectivity index (χ2v) is 5.64. The second kappa shape index (κ2) is 5.22. The molecular weight excluding hydrogens is 286 g/mol. The Hall–Kier alpha value is -1.53. The maximum atomic E-state index is 11.4. The largest absolute Gasteiger partial charge is 0.465 e. The van der Waals surface area contributed by atoms with Crippen molar-refractivity contribution in [2.24, 2.45) is 0 Å². The van der Waals surface area contributed by atoms with Crippen LogP contribution in [0.3, 0.4) is 0 Å². The first-order valence-corrected chi connectivity index (χ1v) is 7.00. The molecule has 0 radical (unpaired) electrons. The van der Waals surface area contributed by atoms with Crippen LogP contribution in [0, 0.1) is 0 Å². The van der Waals surface area contributed by atoms with Gasteiger partial charge >= 0.3 is 5.97 Å². The maximum Gasteiger partial charge on any atom is 0.319 e. The van der Waals surface area contributed by atoms with Crippen molar-refractivity contribution in [3.8, 4) is 11.4 Å². The fraction of sp³-hybridized carbons (Fsp3) is 0.250. The van der Waals surface area contributed by atoms with Crippen LogP contribution in [-0.4, -0.2) is 33.0 Å². The molecule has 1 N–H and O–H groups in total. The molecule has 0 bridgehead atoms. The van der Waals surface area contributed by atoms with Gasteiger partial charge in [0.15, 0.2) is 5.82 Å². The van der Waals surface area contributed by atoms with Crippen molar-refractivity contribution in [3.05, 3.63) is 29.3 Å². The first-order chi connectivity index (χ1) is 9.22. The van der Waals surface area contributed by atoms with Crippen molar-refractivity contribution in [3.63, 3.8) is 0 Å². The highest BCUT2D eigenvalue weighted by Crippen LogP contribution is 2.28. The van der Waals surface area contributed by atoms with Crippen molar-refractivity contribution >= 4 is 29.3 Å². The van der Waals surface area contributed by atoms with E-state index in [1.54, 1.807) is 12.1 Å². The Balaban J connectivity index is 1.75. The second-order valence-electron chi connectivity index (χ2n) is 4.04. The first kappa shape index (κ1) is 12.5. The molecule has 2 aromatic rings. The molecule has 1 aliphatic rings. The molecule has 0 spiro atoms.